The second-order valence-electron chi connectivity index (χ2n) is 7.23. The molecule has 1 aliphatic heterocycles. The maximum atomic E-state index is 5.80. The van der Waals surface area contributed by atoms with E-state index in [1.54, 1.807) is 0 Å². The summed E-state index contributed by atoms with van der Waals surface area (Å²) in [6.45, 7) is 8.99. The molecule has 27 heavy (non-hydrogen) atoms. The van der Waals surface area contributed by atoms with Crippen molar-refractivity contribution in [2.24, 2.45) is 0 Å². The molecule has 0 aliphatic carbocycles. The maximum Gasteiger partial charge on any atom is 0.159 e. The van der Waals surface area contributed by atoms with Crippen LogP contribution in [-0.2, 0) is 13.1 Å². The van der Waals surface area contributed by atoms with Crippen molar-refractivity contribution in [1.82, 2.24) is 19.4 Å². The van der Waals surface area contributed by atoms with E-state index in [0.29, 0.717) is 12.5 Å². The van der Waals surface area contributed by atoms with Crippen LogP contribution < -0.4 is 4.74 Å². The number of ether oxygens (including phenoxy) is 1. The zero-order chi connectivity index (χ0) is 18.6. The Balaban J connectivity index is 1.53. The first-order valence-corrected chi connectivity index (χ1v) is 10.0. The molecule has 2 aromatic heterocycles. The van der Waals surface area contributed by atoms with Gasteiger partial charge in [-0.1, -0.05) is 25.1 Å². The molecule has 1 saturated heterocycles. The Morgan fingerprint density at radius 1 is 1.15 bits per heavy atom. The Kier molecular flexibility index (Phi) is 5.39. The molecule has 1 aromatic carbocycles. The van der Waals surface area contributed by atoms with Gasteiger partial charge >= 0.3 is 0 Å². The summed E-state index contributed by atoms with van der Waals surface area (Å²) in [7, 11) is 0. The van der Waals surface area contributed by atoms with Crippen molar-refractivity contribution in [2.75, 3.05) is 19.7 Å². The molecule has 1 aliphatic rings. The third-order valence-corrected chi connectivity index (χ3v) is 5.28. The van der Waals surface area contributed by atoms with Crippen molar-refractivity contribution >= 4 is 11.2 Å². The topological polar surface area (TPSA) is 43.2 Å². The van der Waals surface area contributed by atoms with Crippen LogP contribution in [0.3, 0.4) is 0 Å². The lowest BCUT2D eigenvalue weighted by Gasteiger charge is -2.18. The van der Waals surface area contributed by atoms with Gasteiger partial charge in [-0.25, -0.2) is 9.97 Å². The van der Waals surface area contributed by atoms with Gasteiger partial charge in [-0.05, 0) is 44.5 Å². The summed E-state index contributed by atoms with van der Waals surface area (Å²) in [5.74, 6) is 2.67. The number of rotatable bonds is 7. The number of likely N-dealkylation sites (tertiary alicyclic amines) is 1. The summed E-state index contributed by atoms with van der Waals surface area (Å²) in [4.78, 5) is 12.1. The standard InChI is InChI=1S/C22H28N4O/c1-3-13-26-21(24-19-9-7-12-23-22(19)26)18-11-14-25(16-18)15-17-8-5-6-10-20(17)27-4-2/h5-10,12,18H,3-4,11,13-16H2,1-2H3. The van der Waals surface area contributed by atoms with Gasteiger partial charge in [0.2, 0.25) is 0 Å². The molecule has 0 N–H and O–H groups in total. The average Bonchev–Trinajstić information content (AvgIpc) is 3.29. The number of pyridine rings is 1. The lowest BCUT2D eigenvalue weighted by atomic mass is 10.1. The second-order valence-corrected chi connectivity index (χ2v) is 7.23. The largest absolute Gasteiger partial charge is 0.494 e. The molecule has 3 aromatic rings. The number of fused-ring (bicyclic) bond motifs is 1. The number of hydrogen-bond acceptors (Lipinski definition) is 4. The Bertz CT molecular complexity index is 904. The predicted molar refractivity (Wildman–Crippen MR) is 108 cm³/mol. The molecule has 142 valence electrons. The van der Waals surface area contributed by atoms with E-state index in [4.69, 9.17) is 9.72 Å². The fourth-order valence-electron chi connectivity index (χ4n) is 4.09. The summed E-state index contributed by atoms with van der Waals surface area (Å²) in [6, 6.07) is 12.4. The van der Waals surface area contributed by atoms with E-state index in [0.717, 1.165) is 55.9 Å². The van der Waals surface area contributed by atoms with E-state index in [-0.39, 0.29) is 0 Å². The highest BCUT2D eigenvalue weighted by atomic mass is 16.5. The molecule has 3 heterocycles. The molecule has 4 rings (SSSR count). The number of aryl methyl sites for hydroxylation is 1. The van der Waals surface area contributed by atoms with Crippen LogP contribution in [0.15, 0.2) is 42.6 Å². The van der Waals surface area contributed by atoms with Gasteiger partial charge in [0.1, 0.15) is 17.1 Å². The Labute approximate surface area is 161 Å². The molecule has 5 heteroatoms. The molecule has 0 bridgehead atoms. The first-order valence-electron chi connectivity index (χ1n) is 10.0. The van der Waals surface area contributed by atoms with Gasteiger partial charge in [0, 0.05) is 37.3 Å². The zero-order valence-corrected chi connectivity index (χ0v) is 16.3. The molecule has 5 nitrogen and oxygen atoms in total. The lowest BCUT2D eigenvalue weighted by molar-refractivity contribution is 0.301. The maximum absolute atomic E-state index is 5.80. The highest BCUT2D eigenvalue weighted by Gasteiger charge is 2.29. The molecular weight excluding hydrogens is 336 g/mol. The summed E-state index contributed by atoms with van der Waals surface area (Å²) in [5.41, 5.74) is 3.30. The number of aromatic nitrogens is 3. The quantitative estimate of drug-likeness (QED) is 0.629. The summed E-state index contributed by atoms with van der Waals surface area (Å²) in [6.07, 6.45) is 4.10. The van der Waals surface area contributed by atoms with Crippen molar-refractivity contribution in [3.05, 3.63) is 54.0 Å². The van der Waals surface area contributed by atoms with Crippen molar-refractivity contribution in [3.8, 4) is 5.75 Å². The SMILES string of the molecule is CCCn1c(C2CCN(Cc3ccccc3OCC)C2)nc2cccnc21. The first-order chi connectivity index (χ1) is 13.3. The zero-order valence-electron chi connectivity index (χ0n) is 16.3. The third kappa shape index (κ3) is 3.69. The molecule has 1 fully saturated rings. The predicted octanol–water partition coefficient (Wildman–Crippen LogP) is 4.23. The minimum absolute atomic E-state index is 0.463. The van der Waals surface area contributed by atoms with Gasteiger partial charge in [-0.2, -0.15) is 0 Å². The van der Waals surface area contributed by atoms with E-state index in [2.05, 4.69) is 45.6 Å². The van der Waals surface area contributed by atoms with Crippen LogP contribution >= 0.6 is 0 Å². The van der Waals surface area contributed by atoms with Crippen LogP contribution in [0.25, 0.3) is 11.2 Å². The van der Waals surface area contributed by atoms with Gasteiger partial charge in [0.15, 0.2) is 5.65 Å². The minimum atomic E-state index is 0.463. The normalized spacial score (nSPS) is 17.6. The Morgan fingerprint density at radius 2 is 2.04 bits per heavy atom. The van der Waals surface area contributed by atoms with Crippen LogP contribution in [0.4, 0.5) is 0 Å². The van der Waals surface area contributed by atoms with Gasteiger partial charge in [-0.15, -0.1) is 0 Å². The summed E-state index contributed by atoms with van der Waals surface area (Å²) >= 11 is 0. The highest BCUT2D eigenvalue weighted by Crippen LogP contribution is 2.31. The minimum Gasteiger partial charge on any atom is -0.494 e. The van der Waals surface area contributed by atoms with Crippen LogP contribution in [-0.4, -0.2) is 39.1 Å². The lowest BCUT2D eigenvalue weighted by Crippen LogP contribution is -2.21. The number of benzene rings is 1. The molecular formula is C22H28N4O. The van der Waals surface area contributed by atoms with Crippen LogP contribution in [0.1, 0.15) is 44.0 Å². The fraction of sp³-hybridized carbons (Fsp3) is 0.455. The molecule has 1 atom stereocenters. The fourth-order valence-corrected chi connectivity index (χ4v) is 4.09. The van der Waals surface area contributed by atoms with Crippen molar-refractivity contribution < 1.29 is 4.74 Å². The number of nitrogens with zero attached hydrogens (tertiary/aromatic N) is 4. The summed E-state index contributed by atoms with van der Waals surface area (Å²) in [5, 5.41) is 0. The Morgan fingerprint density at radius 3 is 2.89 bits per heavy atom. The van der Waals surface area contributed by atoms with E-state index in [9.17, 15) is 0 Å². The monoisotopic (exact) mass is 364 g/mol. The molecule has 1 unspecified atom stereocenters. The van der Waals surface area contributed by atoms with E-state index in [1.807, 2.05) is 25.3 Å². The number of hydrogen-bond donors (Lipinski definition) is 0. The van der Waals surface area contributed by atoms with Crippen LogP contribution in [0.5, 0.6) is 5.75 Å². The van der Waals surface area contributed by atoms with Gasteiger partial charge in [0.25, 0.3) is 0 Å². The van der Waals surface area contributed by atoms with Crippen LogP contribution in [0, 0.1) is 0 Å². The molecule has 0 amide bonds. The van der Waals surface area contributed by atoms with Crippen molar-refractivity contribution in [1.29, 1.82) is 0 Å². The van der Waals surface area contributed by atoms with Crippen molar-refractivity contribution in [3.63, 3.8) is 0 Å². The van der Waals surface area contributed by atoms with E-state index in [1.165, 1.54) is 11.4 Å². The molecule has 0 spiro atoms. The van der Waals surface area contributed by atoms with Gasteiger partial charge in [-0.3, -0.25) is 4.90 Å². The van der Waals surface area contributed by atoms with Crippen LogP contribution in [0.2, 0.25) is 0 Å². The van der Waals surface area contributed by atoms with Gasteiger partial charge in [0.05, 0.1) is 6.61 Å². The number of para-hydroxylation sites is 1. The number of imidazole rings is 1. The summed E-state index contributed by atoms with van der Waals surface area (Å²) < 4.78 is 8.13. The van der Waals surface area contributed by atoms with E-state index >= 15 is 0 Å². The smallest absolute Gasteiger partial charge is 0.159 e. The van der Waals surface area contributed by atoms with E-state index < -0.39 is 0 Å². The Hall–Kier alpha value is -2.40. The highest BCUT2D eigenvalue weighted by molar-refractivity contribution is 5.71. The first kappa shape index (κ1) is 18.0. The third-order valence-electron chi connectivity index (χ3n) is 5.28. The van der Waals surface area contributed by atoms with Gasteiger partial charge < -0.3 is 9.30 Å². The second kappa shape index (κ2) is 8.09. The molecule has 0 saturated carbocycles. The average molecular weight is 364 g/mol. The molecule has 0 radical (unpaired) electrons. The van der Waals surface area contributed by atoms with Crippen molar-refractivity contribution in [2.45, 2.75) is 45.7 Å².